The number of carbonyl (C=O) groups excluding carboxylic acids is 2. The van der Waals surface area contributed by atoms with Gasteiger partial charge in [-0.25, -0.2) is 0 Å². The fourth-order valence-corrected chi connectivity index (χ4v) is 6.69. The summed E-state index contributed by atoms with van der Waals surface area (Å²) < 4.78 is 6.00. The minimum Gasteiger partial charge on any atom is -0.425 e. The second kappa shape index (κ2) is 15.6. The number of hydrogen-bond donors (Lipinski definition) is 2. The summed E-state index contributed by atoms with van der Waals surface area (Å²) in [4.78, 5) is 26.1. The Morgan fingerprint density at radius 3 is 2.25 bits per heavy atom. The molecular weight excluding hydrogens is 498 g/mol. The van der Waals surface area contributed by atoms with Gasteiger partial charge in [0.15, 0.2) is 0 Å². The zero-order valence-corrected chi connectivity index (χ0v) is 25.7. The SMILES string of the molecule is CCCCCC#Cc1cc2c(cc1OC(=O)CCCCCCCCCCC)[C@@](C)(C(C)C)[C@H]1C(=O)N[C@H](CO)[C@@H]21. The van der Waals surface area contributed by atoms with Gasteiger partial charge in [-0.15, -0.1) is 0 Å². The summed E-state index contributed by atoms with van der Waals surface area (Å²) in [6.45, 7) is 10.7. The van der Waals surface area contributed by atoms with Crippen molar-refractivity contribution in [1.82, 2.24) is 5.32 Å². The Kier molecular flexibility index (Phi) is 12.6. The van der Waals surface area contributed by atoms with Gasteiger partial charge in [0.1, 0.15) is 5.75 Å². The maximum atomic E-state index is 13.2. The van der Waals surface area contributed by atoms with Gasteiger partial charge in [0, 0.05) is 24.2 Å². The molecule has 5 nitrogen and oxygen atoms in total. The van der Waals surface area contributed by atoms with Crippen LogP contribution in [0.3, 0.4) is 0 Å². The molecule has 2 aliphatic rings. The minimum absolute atomic E-state index is 0.00689. The number of rotatable bonds is 16. The molecule has 0 unspecified atom stereocenters. The van der Waals surface area contributed by atoms with Crippen LogP contribution in [0.4, 0.5) is 0 Å². The number of fused-ring (bicyclic) bond motifs is 3. The van der Waals surface area contributed by atoms with E-state index in [1.807, 2.05) is 12.1 Å². The van der Waals surface area contributed by atoms with Crippen LogP contribution >= 0.6 is 0 Å². The number of carbonyl (C=O) groups is 2. The molecule has 40 heavy (non-hydrogen) atoms. The summed E-state index contributed by atoms with van der Waals surface area (Å²) in [6, 6.07) is 3.71. The molecular formula is C35H53NO4. The smallest absolute Gasteiger partial charge is 0.311 e. The highest BCUT2D eigenvalue weighted by atomic mass is 16.5. The first kappa shape index (κ1) is 32.2. The Morgan fingerprint density at radius 2 is 1.62 bits per heavy atom. The fraction of sp³-hybridized carbons (Fsp3) is 0.714. The average Bonchev–Trinajstić information content (AvgIpc) is 3.40. The molecule has 5 heteroatoms. The zero-order valence-electron chi connectivity index (χ0n) is 25.7. The molecule has 1 aliphatic carbocycles. The zero-order chi connectivity index (χ0) is 29.1. The molecule has 0 spiro atoms. The number of hydrogen-bond acceptors (Lipinski definition) is 4. The van der Waals surface area contributed by atoms with Crippen molar-refractivity contribution >= 4 is 11.9 Å². The van der Waals surface area contributed by atoms with E-state index in [-0.39, 0.29) is 42.3 Å². The van der Waals surface area contributed by atoms with E-state index >= 15 is 0 Å². The third kappa shape index (κ3) is 7.49. The van der Waals surface area contributed by atoms with Crippen LogP contribution in [0.25, 0.3) is 0 Å². The molecule has 1 fully saturated rings. The first-order valence-corrected chi connectivity index (χ1v) is 16.1. The third-order valence-corrected chi connectivity index (χ3v) is 9.37. The molecule has 1 heterocycles. The predicted octanol–water partition coefficient (Wildman–Crippen LogP) is 7.56. The molecule has 1 aromatic carbocycles. The molecule has 1 amide bonds. The maximum Gasteiger partial charge on any atom is 0.311 e. The van der Waals surface area contributed by atoms with Gasteiger partial charge >= 0.3 is 5.97 Å². The summed E-state index contributed by atoms with van der Waals surface area (Å²) in [5.41, 5.74) is 2.38. The van der Waals surface area contributed by atoms with Crippen LogP contribution in [0, 0.1) is 23.7 Å². The summed E-state index contributed by atoms with van der Waals surface area (Å²) in [5, 5.41) is 13.1. The average molecular weight is 552 g/mol. The van der Waals surface area contributed by atoms with Gasteiger partial charge in [0.2, 0.25) is 5.91 Å². The van der Waals surface area contributed by atoms with E-state index in [2.05, 4.69) is 51.8 Å². The summed E-state index contributed by atoms with van der Waals surface area (Å²) >= 11 is 0. The minimum atomic E-state index is -0.431. The Bertz CT molecular complexity index is 1050. The lowest BCUT2D eigenvalue weighted by atomic mass is 9.67. The Labute approximate surface area is 243 Å². The summed E-state index contributed by atoms with van der Waals surface area (Å²) in [6.07, 6.45) is 15.3. The van der Waals surface area contributed by atoms with Gasteiger partial charge in [-0.3, -0.25) is 9.59 Å². The molecule has 0 bridgehead atoms. The first-order valence-electron chi connectivity index (χ1n) is 16.1. The fourth-order valence-electron chi connectivity index (χ4n) is 6.69. The number of aliphatic hydroxyl groups excluding tert-OH is 1. The topological polar surface area (TPSA) is 75.6 Å². The lowest BCUT2D eigenvalue weighted by Gasteiger charge is -2.35. The number of unbranched alkanes of at least 4 members (excludes halogenated alkanes) is 11. The molecule has 222 valence electrons. The number of aliphatic hydroxyl groups is 1. The van der Waals surface area contributed by atoms with E-state index in [0.717, 1.165) is 56.1 Å². The van der Waals surface area contributed by atoms with E-state index in [1.165, 1.54) is 38.5 Å². The van der Waals surface area contributed by atoms with Gasteiger partial charge in [0.05, 0.1) is 24.1 Å². The van der Waals surface area contributed by atoms with Crippen LogP contribution in [0.1, 0.15) is 147 Å². The number of esters is 1. The van der Waals surface area contributed by atoms with Crippen molar-refractivity contribution in [3.63, 3.8) is 0 Å². The molecule has 1 aromatic rings. The molecule has 0 radical (unpaired) electrons. The number of ether oxygens (including phenoxy) is 1. The van der Waals surface area contributed by atoms with Crippen molar-refractivity contribution in [2.75, 3.05) is 6.61 Å². The maximum absolute atomic E-state index is 13.2. The third-order valence-electron chi connectivity index (χ3n) is 9.37. The van der Waals surface area contributed by atoms with Crippen molar-refractivity contribution in [3.05, 3.63) is 28.8 Å². The standard InChI is InChI=1S/C35H53NO4/c1-6-8-10-12-13-14-15-17-19-21-31(38)40-30-23-28-27(22-26(30)20-18-16-11-9-7-2)32-29(24-37)36-34(39)33(32)35(28,5)25(3)4/h22-23,25,29,32-33,37H,6-17,19,21,24H2,1-5H3,(H,36,39)/t29-,32-,33-,35-/m1/s1. The number of benzene rings is 1. The van der Waals surface area contributed by atoms with Gasteiger partial charge in [-0.2, -0.15) is 0 Å². The highest BCUT2D eigenvalue weighted by Gasteiger charge is 2.60. The van der Waals surface area contributed by atoms with Gasteiger partial charge < -0.3 is 15.2 Å². The summed E-state index contributed by atoms with van der Waals surface area (Å²) in [5.74, 6) is 6.67. The lowest BCUT2D eigenvalue weighted by molar-refractivity contribution is -0.134. The molecule has 4 atom stereocenters. The summed E-state index contributed by atoms with van der Waals surface area (Å²) in [7, 11) is 0. The van der Waals surface area contributed by atoms with E-state index in [9.17, 15) is 14.7 Å². The monoisotopic (exact) mass is 551 g/mol. The number of amides is 1. The molecule has 0 saturated carbocycles. The normalized spacial score (nSPS) is 23.0. The Morgan fingerprint density at radius 1 is 1.00 bits per heavy atom. The predicted molar refractivity (Wildman–Crippen MR) is 162 cm³/mol. The molecule has 1 aliphatic heterocycles. The van der Waals surface area contributed by atoms with Crippen LogP contribution in [-0.4, -0.2) is 29.6 Å². The molecule has 2 N–H and O–H groups in total. The van der Waals surface area contributed by atoms with Crippen LogP contribution in [0.2, 0.25) is 0 Å². The lowest BCUT2D eigenvalue weighted by Crippen LogP contribution is -2.39. The highest BCUT2D eigenvalue weighted by Crippen LogP contribution is 2.58. The van der Waals surface area contributed by atoms with Gasteiger partial charge in [-0.1, -0.05) is 111 Å². The van der Waals surface area contributed by atoms with Crippen LogP contribution in [0.5, 0.6) is 5.75 Å². The highest BCUT2D eigenvalue weighted by molar-refractivity contribution is 5.87. The largest absolute Gasteiger partial charge is 0.425 e. The van der Waals surface area contributed by atoms with Crippen molar-refractivity contribution < 1.29 is 19.4 Å². The van der Waals surface area contributed by atoms with Crippen LogP contribution < -0.4 is 10.1 Å². The van der Waals surface area contributed by atoms with Crippen molar-refractivity contribution in [3.8, 4) is 17.6 Å². The quantitative estimate of drug-likeness (QED) is 0.0962. The second-order valence-corrected chi connectivity index (χ2v) is 12.5. The second-order valence-electron chi connectivity index (χ2n) is 12.5. The van der Waals surface area contributed by atoms with Gasteiger partial charge in [0.25, 0.3) is 0 Å². The Hall–Kier alpha value is -2.32. The van der Waals surface area contributed by atoms with Crippen molar-refractivity contribution in [2.24, 2.45) is 11.8 Å². The molecule has 3 rings (SSSR count). The van der Waals surface area contributed by atoms with Crippen LogP contribution in [-0.2, 0) is 15.0 Å². The van der Waals surface area contributed by atoms with Crippen molar-refractivity contribution in [1.29, 1.82) is 0 Å². The Balaban J connectivity index is 1.78. The van der Waals surface area contributed by atoms with E-state index in [4.69, 9.17) is 4.74 Å². The molecule has 1 saturated heterocycles. The van der Waals surface area contributed by atoms with Crippen LogP contribution in [0.15, 0.2) is 12.1 Å². The van der Waals surface area contributed by atoms with Crippen molar-refractivity contribution in [2.45, 2.75) is 142 Å². The first-order chi connectivity index (χ1) is 19.3. The van der Waals surface area contributed by atoms with E-state index in [1.54, 1.807) is 0 Å². The van der Waals surface area contributed by atoms with Gasteiger partial charge in [-0.05, 0) is 42.0 Å². The molecule has 0 aromatic heterocycles. The number of nitrogens with one attached hydrogen (secondary N) is 1. The van der Waals surface area contributed by atoms with E-state index < -0.39 is 5.41 Å². The van der Waals surface area contributed by atoms with E-state index in [0.29, 0.717) is 17.7 Å².